The number of para-hydroxylation sites is 1. The highest BCUT2D eigenvalue weighted by molar-refractivity contribution is 7.14. The Morgan fingerprint density at radius 3 is 2.70 bits per heavy atom. The lowest BCUT2D eigenvalue weighted by Crippen LogP contribution is -2.66. The Morgan fingerprint density at radius 2 is 1.82 bits per heavy atom. The van der Waals surface area contributed by atoms with Crippen LogP contribution in [0.15, 0.2) is 101 Å². The first kappa shape index (κ1) is 30.8. The van der Waals surface area contributed by atoms with Crippen LogP contribution in [0.1, 0.15) is 39.6 Å². The molecule has 2 unspecified atom stereocenters. The van der Waals surface area contributed by atoms with Crippen molar-refractivity contribution in [2.75, 3.05) is 31.9 Å². The molecule has 1 fully saturated rings. The average Bonchev–Trinajstić information content (AvgIpc) is 3.76. The number of aliphatic hydroxyl groups excluding tert-OH is 1. The number of rotatable bonds is 6. The largest absolute Gasteiger partial charge is 0.482 e. The Balaban J connectivity index is 1.23. The van der Waals surface area contributed by atoms with E-state index < -0.39 is 24.1 Å². The van der Waals surface area contributed by atoms with Crippen LogP contribution in [0.4, 0.5) is 4.39 Å². The van der Waals surface area contributed by atoms with Gasteiger partial charge in [0.2, 0.25) is 11.8 Å². The lowest BCUT2D eigenvalue weighted by molar-refractivity contribution is -0.128. The van der Waals surface area contributed by atoms with Crippen LogP contribution in [0.3, 0.4) is 0 Å². The molecule has 50 heavy (non-hydrogen) atoms. The van der Waals surface area contributed by atoms with Crippen LogP contribution in [0, 0.1) is 5.82 Å². The normalized spacial score (nSPS) is 18.5. The number of aliphatic hydroxyl groups is 1. The number of aromatic nitrogens is 2. The maximum absolute atomic E-state index is 15.0. The van der Waals surface area contributed by atoms with E-state index in [0.717, 1.165) is 43.6 Å². The van der Waals surface area contributed by atoms with E-state index in [1.807, 2.05) is 53.9 Å². The molecule has 9 rings (SSSR count). The van der Waals surface area contributed by atoms with Gasteiger partial charge >= 0.3 is 0 Å². The van der Waals surface area contributed by atoms with Gasteiger partial charge in [-0.15, -0.1) is 11.3 Å². The van der Waals surface area contributed by atoms with Gasteiger partial charge in [0.1, 0.15) is 18.6 Å². The highest BCUT2D eigenvalue weighted by Gasteiger charge is 2.46. The number of amides is 1. The van der Waals surface area contributed by atoms with Gasteiger partial charge < -0.3 is 24.2 Å². The fourth-order valence-corrected chi connectivity index (χ4v) is 8.58. The summed E-state index contributed by atoms with van der Waals surface area (Å²) in [5.41, 5.74) is 5.60. The predicted octanol–water partition coefficient (Wildman–Crippen LogP) is 5.86. The molecule has 1 N–H and O–H groups in total. The molecular weight excluding hydrogens is 660 g/mol. The standard InChI is InChI=1S/C38H31FN4O6S/c1-47-38(46)41-19-22(24-6-4-5-9-30(24)41)20-49-35-31(44)12-14-42-34(35)37(45)40-15-16-48-21-32(40)43(42)33-25-7-2-3-8-27(25)36-28(13-17-50-36)29-18-23(39)10-11-26(29)33/h2-14,17-19,32-33,38,46H,15-16,20-21H2,1H3/t32-,33?,38?/m1/s1. The molecule has 0 bridgehead atoms. The Hall–Kier alpha value is -5.27. The van der Waals surface area contributed by atoms with Gasteiger partial charge in [0, 0.05) is 53.5 Å². The summed E-state index contributed by atoms with van der Waals surface area (Å²) in [5, 5.41) is 15.4. The number of hydrogen-bond donors (Lipinski definition) is 1. The number of fused-ring (bicyclic) bond motifs is 8. The van der Waals surface area contributed by atoms with Crippen molar-refractivity contribution in [1.82, 2.24) is 14.1 Å². The van der Waals surface area contributed by atoms with E-state index >= 15 is 4.39 Å². The summed E-state index contributed by atoms with van der Waals surface area (Å²) in [5.74, 6) is -0.780. The van der Waals surface area contributed by atoms with Gasteiger partial charge in [0.25, 0.3) is 5.91 Å². The number of benzene rings is 3. The fourth-order valence-electron chi connectivity index (χ4n) is 7.62. The molecule has 6 aromatic rings. The molecule has 3 aromatic carbocycles. The second-order valence-electron chi connectivity index (χ2n) is 12.5. The first-order valence-electron chi connectivity index (χ1n) is 16.3. The summed E-state index contributed by atoms with van der Waals surface area (Å²) in [6, 6.07) is 23.4. The number of halogens is 1. The van der Waals surface area contributed by atoms with Gasteiger partial charge in [-0.25, -0.2) is 4.39 Å². The van der Waals surface area contributed by atoms with Crippen LogP contribution < -0.4 is 15.2 Å². The van der Waals surface area contributed by atoms with Gasteiger partial charge in [0.05, 0.1) is 24.8 Å². The third kappa shape index (κ3) is 4.63. The quantitative estimate of drug-likeness (QED) is 0.219. The van der Waals surface area contributed by atoms with E-state index in [0.29, 0.717) is 18.7 Å². The van der Waals surface area contributed by atoms with Crippen molar-refractivity contribution in [1.29, 1.82) is 0 Å². The van der Waals surface area contributed by atoms with Crippen molar-refractivity contribution in [3.8, 4) is 27.3 Å². The molecule has 0 radical (unpaired) electrons. The zero-order valence-electron chi connectivity index (χ0n) is 26.9. The SMILES string of the molecule is COC(O)n1cc(COc2c3n(ccc2=O)N(C2c4ccc(F)cc4-c4ccsc4-c4ccccc42)[C@@H]2COCCN2C3=O)c2ccccc21. The highest BCUT2D eigenvalue weighted by atomic mass is 32.1. The lowest BCUT2D eigenvalue weighted by atomic mass is 9.92. The van der Waals surface area contributed by atoms with Gasteiger partial charge in [-0.3, -0.25) is 23.8 Å². The first-order valence-corrected chi connectivity index (χ1v) is 17.1. The Labute approximate surface area is 289 Å². The minimum absolute atomic E-state index is 0.0510. The number of hydrogen-bond acceptors (Lipinski definition) is 8. The number of carbonyl (C=O) groups is 1. The molecule has 12 heteroatoms. The molecule has 2 aliphatic heterocycles. The Bertz CT molecular complexity index is 2370. The molecule has 3 atom stereocenters. The van der Waals surface area contributed by atoms with Gasteiger partial charge in [-0.2, -0.15) is 0 Å². The summed E-state index contributed by atoms with van der Waals surface area (Å²) in [6.45, 7) is 0.824. The minimum Gasteiger partial charge on any atom is -0.482 e. The lowest BCUT2D eigenvalue weighted by Gasteiger charge is -2.51. The molecule has 0 saturated carbocycles. The van der Waals surface area contributed by atoms with Gasteiger partial charge in [0.15, 0.2) is 11.4 Å². The van der Waals surface area contributed by atoms with Crippen molar-refractivity contribution in [3.05, 3.63) is 135 Å². The molecule has 252 valence electrons. The highest BCUT2D eigenvalue weighted by Crippen LogP contribution is 2.50. The number of morpholine rings is 1. The smallest absolute Gasteiger partial charge is 0.278 e. The van der Waals surface area contributed by atoms with Crippen molar-refractivity contribution in [3.63, 3.8) is 0 Å². The monoisotopic (exact) mass is 690 g/mol. The minimum atomic E-state index is -1.22. The Kier molecular flexibility index (Phi) is 7.35. The molecule has 1 aliphatic carbocycles. The molecule has 0 spiro atoms. The number of ether oxygens (including phenoxy) is 3. The first-order chi connectivity index (χ1) is 24.4. The van der Waals surface area contributed by atoms with E-state index in [1.165, 1.54) is 19.2 Å². The van der Waals surface area contributed by atoms with Gasteiger partial charge in [-0.1, -0.05) is 48.5 Å². The van der Waals surface area contributed by atoms with Crippen LogP contribution in [-0.4, -0.2) is 58.2 Å². The van der Waals surface area contributed by atoms with Crippen LogP contribution in [0.25, 0.3) is 32.5 Å². The van der Waals surface area contributed by atoms with E-state index in [1.54, 1.807) is 43.9 Å². The van der Waals surface area contributed by atoms with E-state index in [9.17, 15) is 14.7 Å². The summed E-state index contributed by atoms with van der Waals surface area (Å²) < 4.78 is 35.8. The summed E-state index contributed by atoms with van der Waals surface area (Å²) in [6.07, 6.45) is 1.57. The zero-order valence-corrected chi connectivity index (χ0v) is 27.7. The number of nitrogens with zero attached hydrogens (tertiary/aromatic N) is 4. The fraction of sp³-hybridized carbons (Fsp3) is 0.211. The molecule has 1 amide bonds. The van der Waals surface area contributed by atoms with Crippen molar-refractivity contribution >= 4 is 28.1 Å². The molecule has 10 nitrogen and oxygen atoms in total. The third-order valence-corrected chi connectivity index (χ3v) is 10.8. The van der Waals surface area contributed by atoms with Crippen LogP contribution >= 0.6 is 11.3 Å². The van der Waals surface area contributed by atoms with Crippen molar-refractivity contribution in [2.45, 2.75) is 25.2 Å². The maximum atomic E-state index is 15.0. The van der Waals surface area contributed by atoms with E-state index in [4.69, 9.17) is 14.2 Å². The van der Waals surface area contributed by atoms with E-state index in [-0.39, 0.29) is 36.4 Å². The number of pyridine rings is 1. The predicted molar refractivity (Wildman–Crippen MR) is 186 cm³/mol. The topological polar surface area (TPSA) is 98.4 Å². The second-order valence-corrected chi connectivity index (χ2v) is 13.4. The number of methoxy groups -OCH3 is 1. The summed E-state index contributed by atoms with van der Waals surface area (Å²) >= 11 is 1.60. The summed E-state index contributed by atoms with van der Waals surface area (Å²) in [7, 11) is 1.41. The second kappa shape index (κ2) is 12.0. The number of thiophene rings is 1. The van der Waals surface area contributed by atoms with Crippen LogP contribution in [0.2, 0.25) is 0 Å². The zero-order chi connectivity index (χ0) is 34.1. The van der Waals surface area contributed by atoms with Crippen LogP contribution in [0.5, 0.6) is 5.75 Å². The Morgan fingerprint density at radius 1 is 1.00 bits per heavy atom. The van der Waals surface area contributed by atoms with Crippen LogP contribution in [-0.2, 0) is 16.1 Å². The molecule has 5 heterocycles. The summed E-state index contributed by atoms with van der Waals surface area (Å²) in [4.78, 5) is 30.9. The molecule has 3 aliphatic rings. The average molecular weight is 691 g/mol. The van der Waals surface area contributed by atoms with Crippen molar-refractivity contribution < 1.29 is 28.5 Å². The number of carbonyl (C=O) groups excluding carboxylic acids is 1. The van der Waals surface area contributed by atoms with E-state index in [2.05, 4.69) is 17.1 Å². The third-order valence-electron chi connectivity index (χ3n) is 9.83. The molecule has 3 aromatic heterocycles. The van der Waals surface area contributed by atoms with Gasteiger partial charge in [-0.05, 0) is 51.9 Å². The molecular formula is C38H31FN4O6S. The maximum Gasteiger partial charge on any atom is 0.278 e. The molecule has 1 saturated heterocycles. The van der Waals surface area contributed by atoms with Crippen molar-refractivity contribution in [2.24, 2.45) is 0 Å².